The van der Waals surface area contributed by atoms with Gasteiger partial charge in [-0.3, -0.25) is 4.90 Å². The molecule has 0 bridgehead atoms. The van der Waals surface area contributed by atoms with Crippen LogP contribution in [0.25, 0.3) is 0 Å². The van der Waals surface area contributed by atoms with E-state index in [-0.39, 0.29) is 5.82 Å². The van der Waals surface area contributed by atoms with Crippen LogP contribution in [0, 0.1) is 5.82 Å². The van der Waals surface area contributed by atoms with E-state index in [4.69, 9.17) is 0 Å². The van der Waals surface area contributed by atoms with Gasteiger partial charge in [0, 0.05) is 18.5 Å². The average molecular weight is 219 g/mol. The van der Waals surface area contributed by atoms with Gasteiger partial charge >= 0.3 is 0 Å². The van der Waals surface area contributed by atoms with Crippen LogP contribution < -0.4 is 0 Å². The van der Waals surface area contributed by atoms with Gasteiger partial charge in [0.2, 0.25) is 0 Å². The second kappa shape index (κ2) is 4.79. The highest BCUT2D eigenvalue weighted by atomic mass is 19.1. The van der Waals surface area contributed by atoms with Crippen molar-refractivity contribution < 1.29 is 4.39 Å². The minimum Gasteiger partial charge on any atom is -0.296 e. The van der Waals surface area contributed by atoms with E-state index in [2.05, 4.69) is 18.4 Å². The summed E-state index contributed by atoms with van der Waals surface area (Å²) in [5, 5.41) is 0. The number of rotatable bonds is 5. The second-order valence-corrected chi connectivity index (χ2v) is 4.34. The SMILES string of the molecule is C=CCN(CC)[C@@H]1C[C@H]1c1ccc(F)cc1. The Morgan fingerprint density at radius 1 is 1.44 bits per heavy atom. The number of halogens is 1. The molecular weight excluding hydrogens is 201 g/mol. The lowest BCUT2D eigenvalue weighted by Gasteiger charge is -2.18. The molecule has 0 aliphatic heterocycles. The number of likely N-dealkylation sites (N-methyl/N-ethyl adjacent to an activating group) is 1. The van der Waals surface area contributed by atoms with Crippen LogP contribution in [0.1, 0.15) is 24.8 Å². The van der Waals surface area contributed by atoms with Gasteiger partial charge in [0.1, 0.15) is 5.82 Å². The molecule has 1 saturated carbocycles. The minimum atomic E-state index is -0.153. The molecule has 2 heteroatoms. The van der Waals surface area contributed by atoms with Crippen molar-refractivity contribution in [3.05, 3.63) is 48.3 Å². The molecule has 16 heavy (non-hydrogen) atoms. The molecule has 1 fully saturated rings. The van der Waals surface area contributed by atoms with Crippen molar-refractivity contribution in [2.45, 2.75) is 25.3 Å². The van der Waals surface area contributed by atoms with Crippen LogP contribution in [0.3, 0.4) is 0 Å². The molecule has 0 N–H and O–H groups in total. The Balaban J connectivity index is 1.99. The van der Waals surface area contributed by atoms with Crippen LogP contribution >= 0.6 is 0 Å². The summed E-state index contributed by atoms with van der Waals surface area (Å²) in [5.74, 6) is 0.430. The fourth-order valence-electron chi connectivity index (χ4n) is 2.32. The Labute approximate surface area is 96.6 Å². The van der Waals surface area contributed by atoms with Crippen molar-refractivity contribution in [2.24, 2.45) is 0 Å². The molecule has 86 valence electrons. The Morgan fingerprint density at radius 2 is 2.12 bits per heavy atom. The zero-order valence-electron chi connectivity index (χ0n) is 9.70. The van der Waals surface area contributed by atoms with Crippen LogP contribution in [0.2, 0.25) is 0 Å². The Bertz CT molecular complexity index is 358. The van der Waals surface area contributed by atoms with Crippen LogP contribution in [-0.4, -0.2) is 24.0 Å². The number of hydrogen-bond acceptors (Lipinski definition) is 1. The lowest BCUT2D eigenvalue weighted by molar-refractivity contribution is 0.303. The standard InChI is InChI=1S/C14H18FN/c1-3-9-16(4-2)14-10-13(14)11-5-7-12(15)8-6-11/h3,5-8,13-14H,1,4,9-10H2,2H3/t13-,14+/m0/s1. The Kier molecular flexibility index (Phi) is 3.39. The van der Waals surface area contributed by atoms with Crippen molar-refractivity contribution in [3.63, 3.8) is 0 Å². The summed E-state index contributed by atoms with van der Waals surface area (Å²) >= 11 is 0. The van der Waals surface area contributed by atoms with Crippen LogP contribution in [-0.2, 0) is 0 Å². The largest absolute Gasteiger partial charge is 0.296 e. The lowest BCUT2D eigenvalue weighted by Crippen LogP contribution is -2.26. The highest BCUT2D eigenvalue weighted by Gasteiger charge is 2.41. The van der Waals surface area contributed by atoms with E-state index >= 15 is 0 Å². The Morgan fingerprint density at radius 3 is 2.69 bits per heavy atom. The molecule has 1 aromatic rings. The summed E-state index contributed by atoms with van der Waals surface area (Å²) < 4.78 is 12.8. The quantitative estimate of drug-likeness (QED) is 0.687. The number of nitrogens with zero attached hydrogens (tertiary/aromatic N) is 1. The van der Waals surface area contributed by atoms with Crippen molar-refractivity contribution in [2.75, 3.05) is 13.1 Å². The second-order valence-electron chi connectivity index (χ2n) is 4.34. The summed E-state index contributed by atoms with van der Waals surface area (Å²) in [6.45, 7) is 7.94. The van der Waals surface area contributed by atoms with Gasteiger partial charge in [-0.1, -0.05) is 25.1 Å². The zero-order valence-corrected chi connectivity index (χ0v) is 9.70. The fourth-order valence-corrected chi connectivity index (χ4v) is 2.32. The summed E-state index contributed by atoms with van der Waals surface area (Å²) in [4.78, 5) is 2.42. The molecule has 0 amide bonds. The third-order valence-electron chi connectivity index (χ3n) is 3.29. The summed E-state index contributed by atoms with van der Waals surface area (Å²) in [6.07, 6.45) is 3.14. The third-order valence-corrected chi connectivity index (χ3v) is 3.29. The molecule has 0 spiro atoms. The van der Waals surface area contributed by atoms with Crippen LogP contribution in [0.15, 0.2) is 36.9 Å². The van der Waals surface area contributed by atoms with Gasteiger partial charge in [-0.25, -0.2) is 4.39 Å². The minimum absolute atomic E-state index is 0.153. The van der Waals surface area contributed by atoms with E-state index in [1.54, 1.807) is 12.1 Å². The van der Waals surface area contributed by atoms with E-state index in [1.165, 1.54) is 12.0 Å². The van der Waals surface area contributed by atoms with E-state index in [0.717, 1.165) is 13.1 Å². The van der Waals surface area contributed by atoms with Crippen molar-refractivity contribution >= 4 is 0 Å². The molecule has 1 nitrogen and oxygen atoms in total. The predicted octanol–water partition coefficient (Wildman–Crippen LogP) is 3.19. The molecule has 0 unspecified atom stereocenters. The molecule has 2 atom stereocenters. The fraction of sp³-hybridized carbons (Fsp3) is 0.429. The first kappa shape index (κ1) is 11.3. The summed E-state index contributed by atoms with van der Waals surface area (Å²) in [7, 11) is 0. The molecule has 1 aromatic carbocycles. The van der Waals surface area contributed by atoms with Gasteiger partial charge in [0.25, 0.3) is 0 Å². The van der Waals surface area contributed by atoms with E-state index in [1.807, 2.05) is 18.2 Å². The maximum atomic E-state index is 12.8. The van der Waals surface area contributed by atoms with Gasteiger partial charge in [-0.15, -0.1) is 6.58 Å². The summed E-state index contributed by atoms with van der Waals surface area (Å²) in [6, 6.07) is 7.53. The van der Waals surface area contributed by atoms with Crippen LogP contribution in [0.5, 0.6) is 0 Å². The first-order valence-corrected chi connectivity index (χ1v) is 5.86. The molecule has 2 rings (SSSR count). The normalized spacial score (nSPS) is 23.4. The third kappa shape index (κ3) is 2.33. The van der Waals surface area contributed by atoms with Gasteiger partial charge in [-0.2, -0.15) is 0 Å². The van der Waals surface area contributed by atoms with E-state index < -0.39 is 0 Å². The molecule has 0 aromatic heterocycles. The number of hydrogen-bond donors (Lipinski definition) is 0. The molecule has 1 aliphatic carbocycles. The molecule has 0 radical (unpaired) electrons. The van der Waals surface area contributed by atoms with Gasteiger partial charge in [0.05, 0.1) is 0 Å². The summed E-state index contributed by atoms with van der Waals surface area (Å²) in [5.41, 5.74) is 1.26. The van der Waals surface area contributed by atoms with E-state index in [0.29, 0.717) is 12.0 Å². The molecular formula is C14H18FN. The predicted molar refractivity (Wildman–Crippen MR) is 65.0 cm³/mol. The van der Waals surface area contributed by atoms with Gasteiger partial charge in [-0.05, 0) is 30.7 Å². The van der Waals surface area contributed by atoms with Crippen molar-refractivity contribution in [3.8, 4) is 0 Å². The average Bonchev–Trinajstić information content (AvgIpc) is 3.07. The maximum Gasteiger partial charge on any atom is 0.123 e. The molecule has 0 heterocycles. The van der Waals surface area contributed by atoms with Gasteiger partial charge in [0.15, 0.2) is 0 Å². The van der Waals surface area contributed by atoms with E-state index in [9.17, 15) is 4.39 Å². The zero-order chi connectivity index (χ0) is 11.5. The van der Waals surface area contributed by atoms with Crippen molar-refractivity contribution in [1.82, 2.24) is 4.90 Å². The van der Waals surface area contributed by atoms with Gasteiger partial charge < -0.3 is 0 Å². The van der Waals surface area contributed by atoms with Crippen LogP contribution in [0.4, 0.5) is 4.39 Å². The highest BCUT2D eigenvalue weighted by molar-refractivity contribution is 5.28. The first-order valence-electron chi connectivity index (χ1n) is 5.86. The smallest absolute Gasteiger partial charge is 0.123 e. The Hall–Kier alpha value is -1.15. The van der Waals surface area contributed by atoms with Crippen molar-refractivity contribution in [1.29, 1.82) is 0 Å². The topological polar surface area (TPSA) is 3.24 Å². The molecule has 0 saturated heterocycles. The monoisotopic (exact) mass is 219 g/mol. The number of benzene rings is 1. The lowest BCUT2D eigenvalue weighted by atomic mass is 10.1. The first-order chi connectivity index (χ1) is 7.76. The molecule has 1 aliphatic rings. The maximum absolute atomic E-state index is 12.8. The highest BCUT2D eigenvalue weighted by Crippen LogP contribution is 2.44.